The van der Waals surface area contributed by atoms with Crippen molar-refractivity contribution in [1.29, 1.82) is 0 Å². The van der Waals surface area contributed by atoms with Gasteiger partial charge in [-0.05, 0) is 31.9 Å². The molecule has 0 fully saturated rings. The molecule has 0 atom stereocenters. The van der Waals surface area contributed by atoms with Gasteiger partial charge in [-0.3, -0.25) is 9.59 Å². The lowest BCUT2D eigenvalue weighted by molar-refractivity contribution is -0.138. The van der Waals surface area contributed by atoms with Crippen LogP contribution in [-0.2, 0) is 19.6 Å². The first kappa shape index (κ1) is 20.1. The number of carboxylic acid groups (broad SMARTS) is 2. The van der Waals surface area contributed by atoms with E-state index in [0.29, 0.717) is 19.3 Å². The molecule has 0 aliphatic carbocycles. The Kier molecular flexibility index (Phi) is 7.87. The summed E-state index contributed by atoms with van der Waals surface area (Å²) < 4.78 is 26.5. The summed E-state index contributed by atoms with van der Waals surface area (Å²) in [5, 5.41) is 17.4. The number of nitrogens with zero attached hydrogens (tertiary/aromatic N) is 1. The topological polar surface area (TPSA) is 112 Å². The van der Waals surface area contributed by atoms with Crippen molar-refractivity contribution < 1.29 is 28.2 Å². The van der Waals surface area contributed by atoms with Crippen LogP contribution in [0.25, 0.3) is 0 Å². The van der Waals surface area contributed by atoms with Crippen LogP contribution in [0, 0.1) is 6.92 Å². The van der Waals surface area contributed by atoms with E-state index >= 15 is 0 Å². The highest BCUT2D eigenvalue weighted by atomic mass is 32.2. The number of rotatable bonds is 11. The maximum atomic E-state index is 12.7. The minimum atomic E-state index is -3.76. The van der Waals surface area contributed by atoms with Gasteiger partial charge in [0, 0.05) is 19.5 Å². The highest BCUT2D eigenvalue weighted by Crippen LogP contribution is 2.18. The zero-order valence-electron chi connectivity index (χ0n) is 13.6. The van der Waals surface area contributed by atoms with Gasteiger partial charge in [-0.1, -0.05) is 24.1 Å². The molecule has 7 nitrogen and oxygen atoms in total. The van der Waals surface area contributed by atoms with E-state index in [1.807, 2.05) is 6.92 Å². The van der Waals surface area contributed by atoms with Crippen LogP contribution in [0.4, 0.5) is 0 Å². The molecule has 2 N–H and O–H groups in total. The molecule has 0 unspecified atom stereocenters. The van der Waals surface area contributed by atoms with Gasteiger partial charge in [-0.15, -0.1) is 0 Å². The summed E-state index contributed by atoms with van der Waals surface area (Å²) in [6.45, 7) is 1.91. The molecule has 0 bridgehead atoms. The normalized spacial score (nSPS) is 11.6. The SMILES string of the molecule is Cc1ccc(S(=O)(=O)N(CCCCCC(=O)O)CCC(=O)O)cc1. The molecule has 0 spiro atoms. The van der Waals surface area contributed by atoms with E-state index in [-0.39, 0.29) is 30.8 Å². The Morgan fingerprint density at radius 3 is 2.04 bits per heavy atom. The number of aryl methyl sites for hydroxylation is 1. The van der Waals surface area contributed by atoms with E-state index in [4.69, 9.17) is 10.2 Å². The molecule has 0 saturated carbocycles. The van der Waals surface area contributed by atoms with E-state index in [0.717, 1.165) is 9.87 Å². The summed E-state index contributed by atoms with van der Waals surface area (Å²) in [6, 6.07) is 6.38. The Morgan fingerprint density at radius 2 is 1.50 bits per heavy atom. The lowest BCUT2D eigenvalue weighted by atomic mass is 10.2. The molecule has 1 aromatic rings. The number of hydrogen-bond acceptors (Lipinski definition) is 4. The first-order chi connectivity index (χ1) is 11.2. The fraction of sp³-hybridized carbons (Fsp3) is 0.500. The second-order valence-electron chi connectivity index (χ2n) is 5.57. The van der Waals surface area contributed by atoms with Crippen molar-refractivity contribution >= 4 is 22.0 Å². The van der Waals surface area contributed by atoms with Gasteiger partial charge in [0.1, 0.15) is 0 Å². The fourth-order valence-electron chi connectivity index (χ4n) is 2.17. The predicted molar refractivity (Wildman–Crippen MR) is 88.3 cm³/mol. The summed E-state index contributed by atoms with van der Waals surface area (Å²) in [6.07, 6.45) is 1.28. The molecule has 0 radical (unpaired) electrons. The van der Waals surface area contributed by atoms with Crippen LogP contribution < -0.4 is 0 Å². The molecular weight excluding hydrogens is 334 g/mol. The zero-order chi connectivity index (χ0) is 18.2. The molecule has 0 heterocycles. The van der Waals surface area contributed by atoms with Crippen molar-refractivity contribution in [3.63, 3.8) is 0 Å². The number of carbonyl (C=O) groups is 2. The Labute approximate surface area is 142 Å². The molecule has 8 heteroatoms. The van der Waals surface area contributed by atoms with Crippen LogP contribution in [0.2, 0.25) is 0 Å². The number of benzene rings is 1. The third-order valence-corrected chi connectivity index (χ3v) is 5.44. The van der Waals surface area contributed by atoms with Crippen molar-refractivity contribution in [3.05, 3.63) is 29.8 Å². The van der Waals surface area contributed by atoms with Gasteiger partial charge in [0.2, 0.25) is 10.0 Å². The summed E-state index contributed by atoms with van der Waals surface area (Å²) in [5.74, 6) is -1.95. The van der Waals surface area contributed by atoms with Gasteiger partial charge in [0.15, 0.2) is 0 Å². The molecule has 0 aliphatic rings. The van der Waals surface area contributed by atoms with Crippen molar-refractivity contribution in [2.45, 2.75) is 43.9 Å². The monoisotopic (exact) mass is 357 g/mol. The maximum absolute atomic E-state index is 12.7. The average Bonchev–Trinajstić information content (AvgIpc) is 2.49. The minimum Gasteiger partial charge on any atom is -0.481 e. The smallest absolute Gasteiger partial charge is 0.304 e. The molecule has 1 rings (SSSR count). The van der Waals surface area contributed by atoms with Gasteiger partial charge in [0.25, 0.3) is 0 Å². The molecular formula is C16H23NO6S. The van der Waals surface area contributed by atoms with Crippen molar-refractivity contribution in [2.75, 3.05) is 13.1 Å². The second kappa shape index (κ2) is 9.39. The maximum Gasteiger partial charge on any atom is 0.304 e. The fourth-order valence-corrected chi connectivity index (χ4v) is 3.65. The van der Waals surface area contributed by atoms with E-state index in [1.165, 1.54) is 12.1 Å². The van der Waals surface area contributed by atoms with Gasteiger partial charge in [0.05, 0.1) is 11.3 Å². The Balaban J connectivity index is 2.77. The van der Waals surface area contributed by atoms with E-state index < -0.39 is 22.0 Å². The van der Waals surface area contributed by atoms with Crippen molar-refractivity contribution in [3.8, 4) is 0 Å². The number of unbranched alkanes of at least 4 members (excludes halogenated alkanes) is 2. The third-order valence-electron chi connectivity index (χ3n) is 3.53. The van der Waals surface area contributed by atoms with Crippen molar-refractivity contribution in [1.82, 2.24) is 4.31 Å². The third kappa shape index (κ3) is 6.67. The first-order valence-corrected chi connectivity index (χ1v) is 9.18. The predicted octanol–water partition coefficient (Wildman–Crippen LogP) is 2.11. The van der Waals surface area contributed by atoms with Crippen LogP contribution in [0.3, 0.4) is 0 Å². The molecule has 0 amide bonds. The van der Waals surface area contributed by atoms with Gasteiger partial charge >= 0.3 is 11.9 Å². The molecule has 0 aromatic heterocycles. The van der Waals surface area contributed by atoms with Crippen LogP contribution in [0.15, 0.2) is 29.2 Å². The number of hydrogen-bond donors (Lipinski definition) is 2. The van der Waals surface area contributed by atoms with Crippen molar-refractivity contribution in [2.24, 2.45) is 0 Å². The zero-order valence-corrected chi connectivity index (χ0v) is 14.5. The first-order valence-electron chi connectivity index (χ1n) is 7.74. The Hall–Kier alpha value is -1.93. The van der Waals surface area contributed by atoms with E-state index in [1.54, 1.807) is 12.1 Å². The summed E-state index contributed by atoms with van der Waals surface area (Å²) in [4.78, 5) is 21.4. The molecule has 0 aliphatic heterocycles. The quantitative estimate of drug-likeness (QED) is 0.587. The minimum absolute atomic E-state index is 0.0415. The molecule has 1 aromatic carbocycles. The lowest BCUT2D eigenvalue weighted by Crippen LogP contribution is -2.34. The van der Waals surface area contributed by atoms with Crippen LogP contribution in [0.1, 0.15) is 37.7 Å². The number of sulfonamides is 1. The second-order valence-corrected chi connectivity index (χ2v) is 7.50. The molecule has 134 valence electrons. The van der Waals surface area contributed by atoms with Crippen LogP contribution >= 0.6 is 0 Å². The number of carboxylic acids is 2. The largest absolute Gasteiger partial charge is 0.481 e. The summed E-state index contributed by atoms with van der Waals surface area (Å²) >= 11 is 0. The van der Waals surface area contributed by atoms with E-state index in [9.17, 15) is 18.0 Å². The summed E-state index contributed by atoms with van der Waals surface area (Å²) in [5.41, 5.74) is 0.930. The standard InChI is InChI=1S/C16H23NO6S/c1-13-6-8-14(9-7-13)24(22,23)17(12-10-16(20)21)11-4-2-3-5-15(18)19/h6-9H,2-5,10-12H2,1H3,(H,18,19)(H,20,21). The lowest BCUT2D eigenvalue weighted by Gasteiger charge is -2.21. The Bertz CT molecular complexity index is 654. The highest BCUT2D eigenvalue weighted by Gasteiger charge is 2.24. The van der Waals surface area contributed by atoms with Gasteiger partial charge in [-0.2, -0.15) is 4.31 Å². The van der Waals surface area contributed by atoms with Crippen LogP contribution in [0.5, 0.6) is 0 Å². The summed E-state index contributed by atoms with van der Waals surface area (Å²) in [7, 11) is -3.76. The average molecular weight is 357 g/mol. The highest BCUT2D eigenvalue weighted by molar-refractivity contribution is 7.89. The molecule has 0 saturated heterocycles. The van der Waals surface area contributed by atoms with E-state index in [2.05, 4.69) is 0 Å². The van der Waals surface area contributed by atoms with Gasteiger partial charge in [-0.25, -0.2) is 8.42 Å². The Morgan fingerprint density at radius 1 is 0.917 bits per heavy atom. The van der Waals surface area contributed by atoms with Crippen LogP contribution in [-0.4, -0.2) is 48.0 Å². The van der Waals surface area contributed by atoms with Gasteiger partial charge < -0.3 is 10.2 Å². The molecule has 24 heavy (non-hydrogen) atoms. The number of aliphatic carboxylic acids is 2.